The van der Waals surface area contributed by atoms with Crippen molar-refractivity contribution in [3.8, 4) is 0 Å². The lowest BCUT2D eigenvalue weighted by Gasteiger charge is -2.26. The maximum atomic E-state index is 5.69. The van der Waals surface area contributed by atoms with Crippen molar-refractivity contribution in [2.24, 2.45) is 0 Å². The highest BCUT2D eigenvalue weighted by Crippen LogP contribution is 2.40. The van der Waals surface area contributed by atoms with Gasteiger partial charge in [-0.25, -0.2) is 4.98 Å². The number of nitrogens with zero attached hydrogens (tertiary/aromatic N) is 1. The fourth-order valence-corrected chi connectivity index (χ4v) is 2.59. The first-order valence-electron chi connectivity index (χ1n) is 5.72. The summed E-state index contributed by atoms with van der Waals surface area (Å²) in [5.41, 5.74) is 1.92. The van der Waals surface area contributed by atoms with Gasteiger partial charge >= 0.3 is 0 Å². The quantitative estimate of drug-likeness (QED) is 0.804. The minimum absolute atomic E-state index is 0.230. The van der Waals surface area contributed by atoms with E-state index in [9.17, 15) is 0 Å². The van der Waals surface area contributed by atoms with E-state index in [1.165, 1.54) is 12.8 Å². The van der Waals surface area contributed by atoms with Crippen molar-refractivity contribution in [3.05, 3.63) is 21.7 Å². The molecule has 1 N–H and O–H groups in total. The molecule has 0 saturated heterocycles. The summed E-state index contributed by atoms with van der Waals surface area (Å²) in [6.07, 6.45) is 4.46. The van der Waals surface area contributed by atoms with Gasteiger partial charge in [0.1, 0.15) is 16.1 Å². The minimum Gasteiger partial charge on any atom is -0.370 e. The number of H-pyrrole nitrogens is 1. The Hall–Kier alpha value is -0.740. The van der Waals surface area contributed by atoms with Gasteiger partial charge < -0.3 is 9.72 Å². The summed E-state index contributed by atoms with van der Waals surface area (Å²) >= 11 is 5.27. The van der Waals surface area contributed by atoms with E-state index in [0.717, 1.165) is 29.9 Å². The van der Waals surface area contributed by atoms with Crippen LogP contribution in [-0.4, -0.2) is 17.1 Å². The number of rotatable bonds is 2. The second kappa shape index (κ2) is 4.26. The van der Waals surface area contributed by atoms with Crippen LogP contribution in [0.1, 0.15) is 42.8 Å². The summed E-state index contributed by atoms with van der Waals surface area (Å²) in [6, 6.07) is 0. The van der Waals surface area contributed by atoms with Crippen LogP contribution in [0.2, 0.25) is 0 Å². The van der Waals surface area contributed by atoms with Crippen molar-refractivity contribution in [3.63, 3.8) is 0 Å². The predicted octanol–water partition coefficient (Wildman–Crippen LogP) is 3.17. The first-order valence-corrected chi connectivity index (χ1v) is 6.13. The van der Waals surface area contributed by atoms with Gasteiger partial charge in [0.25, 0.3) is 0 Å². The first kappa shape index (κ1) is 11.7. The second-order valence-electron chi connectivity index (χ2n) is 4.55. The fraction of sp³-hybridized carbons (Fsp3) is 0.667. The molecule has 0 aromatic carbocycles. The van der Waals surface area contributed by atoms with E-state index in [2.05, 4.69) is 9.97 Å². The van der Waals surface area contributed by atoms with Crippen molar-refractivity contribution >= 4 is 12.2 Å². The van der Waals surface area contributed by atoms with Crippen molar-refractivity contribution in [1.29, 1.82) is 0 Å². The third kappa shape index (κ3) is 1.80. The zero-order valence-electron chi connectivity index (χ0n) is 10.1. The van der Waals surface area contributed by atoms with Crippen LogP contribution in [0.5, 0.6) is 0 Å². The topological polar surface area (TPSA) is 37.9 Å². The van der Waals surface area contributed by atoms with Gasteiger partial charge in [-0.2, -0.15) is 0 Å². The fourth-order valence-electron chi connectivity index (χ4n) is 2.34. The van der Waals surface area contributed by atoms with Gasteiger partial charge in [-0.1, -0.05) is 12.2 Å². The van der Waals surface area contributed by atoms with Crippen LogP contribution in [0.3, 0.4) is 0 Å². The van der Waals surface area contributed by atoms with E-state index in [1.807, 2.05) is 13.8 Å². The smallest absolute Gasteiger partial charge is 0.140 e. The Morgan fingerprint density at radius 3 is 2.44 bits per heavy atom. The third-order valence-corrected chi connectivity index (χ3v) is 4.03. The lowest BCUT2D eigenvalue weighted by molar-refractivity contribution is -0.0165. The van der Waals surface area contributed by atoms with Crippen LogP contribution >= 0.6 is 12.2 Å². The molecule has 1 fully saturated rings. The van der Waals surface area contributed by atoms with Gasteiger partial charge in [0.2, 0.25) is 0 Å². The Kier molecular flexibility index (Phi) is 3.13. The largest absolute Gasteiger partial charge is 0.370 e. The summed E-state index contributed by atoms with van der Waals surface area (Å²) in [5, 5.41) is 0. The highest BCUT2D eigenvalue weighted by atomic mass is 32.1. The SMILES string of the molecule is COC1(c2nc(=S)c(C)c(C)[nH]2)CCCC1. The number of hydrogen-bond donors (Lipinski definition) is 1. The maximum absolute atomic E-state index is 5.69. The van der Waals surface area contributed by atoms with Crippen molar-refractivity contribution in [2.75, 3.05) is 7.11 Å². The Bertz CT molecular complexity index is 447. The second-order valence-corrected chi connectivity index (χ2v) is 4.93. The molecule has 1 aromatic rings. The van der Waals surface area contributed by atoms with Gasteiger partial charge in [0.15, 0.2) is 0 Å². The highest BCUT2D eigenvalue weighted by molar-refractivity contribution is 7.71. The average molecular weight is 238 g/mol. The van der Waals surface area contributed by atoms with Crippen LogP contribution in [0.15, 0.2) is 0 Å². The molecule has 88 valence electrons. The molecule has 4 heteroatoms. The van der Waals surface area contributed by atoms with Crippen molar-refractivity contribution in [1.82, 2.24) is 9.97 Å². The van der Waals surface area contributed by atoms with Gasteiger partial charge in [-0.05, 0) is 39.5 Å². The van der Waals surface area contributed by atoms with Gasteiger partial charge in [0.05, 0.1) is 0 Å². The summed E-state index contributed by atoms with van der Waals surface area (Å²) in [7, 11) is 1.76. The zero-order valence-corrected chi connectivity index (χ0v) is 10.9. The summed E-state index contributed by atoms with van der Waals surface area (Å²) in [6.45, 7) is 4.04. The summed E-state index contributed by atoms with van der Waals surface area (Å²) in [4.78, 5) is 7.84. The van der Waals surface area contributed by atoms with Crippen LogP contribution in [-0.2, 0) is 10.3 Å². The molecule has 1 aliphatic carbocycles. The standard InChI is InChI=1S/C12H18N2OS/c1-8-9(2)13-11(14-10(8)16)12(15-3)6-4-5-7-12/h4-7H2,1-3H3,(H,13,14,16). The number of nitrogens with one attached hydrogen (secondary N) is 1. The minimum atomic E-state index is -0.230. The summed E-state index contributed by atoms with van der Waals surface area (Å²) < 4.78 is 6.38. The highest BCUT2D eigenvalue weighted by Gasteiger charge is 2.38. The Balaban J connectivity index is 2.51. The molecule has 1 heterocycles. The van der Waals surface area contributed by atoms with E-state index in [1.54, 1.807) is 7.11 Å². The molecule has 3 nitrogen and oxygen atoms in total. The average Bonchev–Trinajstić information content (AvgIpc) is 2.75. The normalized spacial score (nSPS) is 18.9. The molecule has 0 amide bonds. The molecule has 0 aliphatic heterocycles. The molecule has 0 unspecified atom stereocenters. The monoisotopic (exact) mass is 238 g/mol. The van der Waals surface area contributed by atoms with E-state index in [4.69, 9.17) is 17.0 Å². The molecule has 0 radical (unpaired) electrons. The van der Waals surface area contributed by atoms with Crippen molar-refractivity contribution in [2.45, 2.75) is 45.1 Å². The third-order valence-electron chi connectivity index (χ3n) is 3.64. The molecule has 1 aromatic heterocycles. The number of aryl methyl sites for hydroxylation is 1. The van der Waals surface area contributed by atoms with E-state index in [0.29, 0.717) is 4.64 Å². The summed E-state index contributed by atoms with van der Waals surface area (Å²) in [5.74, 6) is 0.903. The predicted molar refractivity (Wildman–Crippen MR) is 66.1 cm³/mol. The first-order chi connectivity index (χ1) is 7.59. The van der Waals surface area contributed by atoms with Crippen LogP contribution in [0.25, 0.3) is 0 Å². The lowest BCUT2D eigenvalue weighted by atomic mass is 10.0. The van der Waals surface area contributed by atoms with Crippen molar-refractivity contribution < 1.29 is 4.74 Å². The Morgan fingerprint density at radius 2 is 1.94 bits per heavy atom. The molecule has 0 spiro atoms. The zero-order chi connectivity index (χ0) is 11.8. The van der Waals surface area contributed by atoms with Crippen LogP contribution < -0.4 is 0 Å². The number of aromatic amines is 1. The Labute approximate surface area is 101 Å². The van der Waals surface area contributed by atoms with E-state index in [-0.39, 0.29) is 5.60 Å². The lowest BCUT2D eigenvalue weighted by Crippen LogP contribution is -2.28. The molecule has 16 heavy (non-hydrogen) atoms. The molecule has 2 rings (SSSR count). The molecule has 0 atom stereocenters. The Morgan fingerprint density at radius 1 is 1.31 bits per heavy atom. The molecular formula is C12H18N2OS. The number of aromatic nitrogens is 2. The van der Waals surface area contributed by atoms with Gasteiger partial charge in [-0.15, -0.1) is 0 Å². The molecule has 1 aliphatic rings. The van der Waals surface area contributed by atoms with Crippen LogP contribution in [0, 0.1) is 18.5 Å². The molecule has 1 saturated carbocycles. The molecular weight excluding hydrogens is 220 g/mol. The number of methoxy groups -OCH3 is 1. The van der Waals surface area contributed by atoms with Gasteiger partial charge in [-0.3, -0.25) is 0 Å². The molecule has 0 bridgehead atoms. The van der Waals surface area contributed by atoms with E-state index < -0.39 is 0 Å². The van der Waals surface area contributed by atoms with Crippen LogP contribution in [0.4, 0.5) is 0 Å². The van der Waals surface area contributed by atoms with E-state index >= 15 is 0 Å². The van der Waals surface area contributed by atoms with Gasteiger partial charge in [0, 0.05) is 18.4 Å². The number of hydrogen-bond acceptors (Lipinski definition) is 3. The maximum Gasteiger partial charge on any atom is 0.140 e. The number of ether oxygens (including phenoxy) is 1.